The molecular weight excluding hydrogens is 272 g/mol. The molecule has 0 amide bonds. The lowest BCUT2D eigenvalue weighted by Gasteiger charge is -2.09. The van der Waals surface area contributed by atoms with Gasteiger partial charge in [0.15, 0.2) is 0 Å². The van der Waals surface area contributed by atoms with Gasteiger partial charge in [0, 0.05) is 5.39 Å². The summed E-state index contributed by atoms with van der Waals surface area (Å²) in [4.78, 5) is 11.0. The molecule has 0 bridgehead atoms. The van der Waals surface area contributed by atoms with E-state index in [9.17, 15) is 18.3 Å². The molecule has 3 N–H and O–H groups in total. The Morgan fingerprint density at radius 2 is 1.74 bits per heavy atom. The van der Waals surface area contributed by atoms with Gasteiger partial charge in [-0.25, -0.2) is 4.79 Å². The van der Waals surface area contributed by atoms with Crippen LogP contribution < -0.4 is 0 Å². The molecule has 0 radical (unpaired) electrons. The zero-order valence-electron chi connectivity index (χ0n) is 9.57. The third kappa shape index (κ3) is 2.67. The van der Waals surface area contributed by atoms with Gasteiger partial charge in [-0.2, -0.15) is 8.42 Å². The predicted molar refractivity (Wildman–Crippen MR) is 67.8 cm³/mol. The maximum atomic E-state index is 11.0. The molecule has 0 aromatic heterocycles. The second-order valence-corrected chi connectivity index (χ2v) is 5.46. The first-order chi connectivity index (χ1) is 8.79. The van der Waals surface area contributed by atoms with Gasteiger partial charge in [-0.1, -0.05) is 24.3 Å². The van der Waals surface area contributed by atoms with Crippen molar-refractivity contribution in [3.63, 3.8) is 0 Å². The minimum absolute atomic E-state index is 0.119. The van der Waals surface area contributed by atoms with E-state index in [1.165, 1.54) is 6.07 Å². The van der Waals surface area contributed by atoms with Crippen LogP contribution >= 0.6 is 0 Å². The molecule has 0 unspecified atom stereocenters. The average Bonchev–Trinajstić information content (AvgIpc) is 2.31. The highest BCUT2D eigenvalue weighted by Gasteiger charge is 2.18. The Morgan fingerprint density at radius 1 is 1.16 bits per heavy atom. The Bertz CT molecular complexity index is 763. The molecule has 100 valence electrons. The molecule has 2 rings (SSSR count). The van der Waals surface area contributed by atoms with Crippen molar-refractivity contribution >= 4 is 26.9 Å². The van der Waals surface area contributed by atoms with Crippen LogP contribution in [0.2, 0.25) is 0 Å². The second kappa shape index (κ2) is 4.52. The summed E-state index contributed by atoms with van der Waals surface area (Å²) in [6.07, 6.45) is 0. The Hall–Kier alpha value is -2.12. The van der Waals surface area contributed by atoms with Crippen molar-refractivity contribution in [1.82, 2.24) is 0 Å². The Morgan fingerprint density at radius 3 is 2.26 bits per heavy atom. The summed E-state index contributed by atoms with van der Waals surface area (Å²) >= 11 is 0. The standard InChI is InChI=1S/C12H10O6S/c13-11-9-4-2-1-3-8(9)7(6-19(16,17)18)5-10(11)12(14)15/h1-5,13H,6H2,(H,14,15)(H,16,17,18). The largest absolute Gasteiger partial charge is 0.506 e. The van der Waals surface area contributed by atoms with Crippen LogP contribution in [-0.2, 0) is 15.9 Å². The van der Waals surface area contributed by atoms with Crippen molar-refractivity contribution in [2.75, 3.05) is 0 Å². The molecule has 0 saturated carbocycles. The lowest BCUT2D eigenvalue weighted by molar-refractivity contribution is 0.0694. The van der Waals surface area contributed by atoms with Crippen molar-refractivity contribution in [2.45, 2.75) is 5.75 Å². The molecule has 7 heteroatoms. The van der Waals surface area contributed by atoms with Gasteiger partial charge in [-0.05, 0) is 17.0 Å². The Labute approximate surface area is 108 Å². The third-order valence-corrected chi connectivity index (χ3v) is 3.35. The van der Waals surface area contributed by atoms with Crippen molar-refractivity contribution in [2.24, 2.45) is 0 Å². The topological polar surface area (TPSA) is 112 Å². The van der Waals surface area contributed by atoms with E-state index in [0.29, 0.717) is 5.39 Å². The predicted octanol–water partition coefficient (Wildman–Crippen LogP) is 1.63. The molecule has 0 saturated heterocycles. The number of hydrogen-bond acceptors (Lipinski definition) is 4. The zero-order valence-corrected chi connectivity index (χ0v) is 10.4. The third-order valence-electron chi connectivity index (χ3n) is 2.67. The van der Waals surface area contributed by atoms with Gasteiger partial charge < -0.3 is 10.2 Å². The number of aromatic hydroxyl groups is 1. The number of fused-ring (bicyclic) bond motifs is 1. The smallest absolute Gasteiger partial charge is 0.339 e. The van der Waals surface area contributed by atoms with Crippen LogP contribution in [0.25, 0.3) is 10.8 Å². The number of benzene rings is 2. The van der Waals surface area contributed by atoms with Gasteiger partial charge in [-0.15, -0.1) is 0 Å². The first kappa shape index (κ1) is 13.3. The molecule has 0 aliphatic rings. The maximum absolute atomic E-state index is 11.0. The zero-order chi connectivity index (χ0) is 14.2. The van der Waals surface area contributed by atoms with Crippen LogP contribution in [0, 0.1) is 0 Å². The Balaban J connectivity index is 2.82. The summed E-state index contributed by atoms with van der Waals surface area (Å²) in [5.74, 6) is -2.52. The van der Waals surface area contributed by atoms with Gasteiger partial charge in [0.05, 0.1) is 0 Å². The number of rotatable bonds is 3. The van der Waals surface area contributed by atoms with E-state index >= 15 is 0 Å². The summed E-state index contributed by atoms with van der Waals surface area (Å²) in [6, 6.07) is 7.28. The molecule has 19 heavy (non-hydrogen) atoms. The molecule has 0 aliphatic heterocycles. The molecule has 0 fully saturated rings. The first-order valence-corrected chi connectivity index (χ1v) is 6.82. The fraction of sp³-hybridized carbons (Fsp3) is 0.0833. The molecular formula is C12H10O6S. The number of carbonyl (C=O) groups is 1. The monoisotopic (exact) mass is 282 g/mol. The molecule has 0 atom stereocenters. The van der Waals surface area contributed by atoms with E-state index in [2.05, 4.69) is 0 Å². The molecule has 6 nitrogen and oxygen atoms in total. The molecule has 2 aromatic carbocycles. The van der Waals surface area contributed by atoms with Crippen LogP contribution in [0.15, 0.2) is 30.3 Å². The van der Waals surface area contributed by atoms with Crippen molar-refractivity contribution in [3.8, 4) is 5.75 Å². The number of hydrogen-bond donors (Lipinski definition) is 3. The van der Waals surface area contributed by atoms with Gasteiger partial charge in [0.2, 0.25) is 0 Å². The van der Waals surface area contributed by atoms with Crippen molar-refractivity contribution in [3.05, 3.63) is 41.5 Å². The fourth-order valence-corrected chi connectivity index (χ4v) is 2.55. The van der Waals surface area contributed by atoms with Crippen LogP contribution in [0.4, 0.5) is 0 Å². The summed E-state index contributed by atoms with van der Waals surface area (Å²) in [5.41, 5.74) is -0.286. The summed E-state index contributed by atoms with van der Waals surface area (Å²) in [5, 5.41) is 19.4. The van der Waals surface area contributed by atoms with Crippen LogP contribution in [0.1, 0.15) is 15.9 Å². The number of carboxylic acid groups (broad SMARTS) is 1. The van der Waals surface area contributed by atoms with Gasteiger partial charge in [-0.3, -0.25) is 4.55 Å². The minimum Gasteiger partial charge on any atom is -0.506 e. The maximum Gasteiger partial charge on any atom is 0.339 e. The van der Waals surface area contributed by atoms with Gasteiger partial charge >= 0.3 is 5.97 Å². The molecule has 2 aromatic rings. The molecule has 0 spiro atoms. The lowest BCUT2D eigenvalue weighted by Crippen LogP contribution is -2.05. The Kier molecular flexibility index (Phi) is 3.17. The highest BCUT2D eigenvalue weighted by molar-refractivity contribution is 7.85. The van der Waals surface area contributed by atoms with Gasteiger partial charge in [0.25, 0.3) is 10.1 Å². The number of aromatic carboxylic acids is 1. The highest BCUT2D eigenvalue weighted by atomic mass is 32.2. The quantitative estimate of drug-likeness (QED) is 0.738. The summed E-state index contributed by atoms with van der Waals surface area (Å²) in [6.45, 7) is 0. The summed E-state index contributed by atoms with van der Waals surface area (Å²) in [7, 11) is -4.30. The fourth-order valence-electron chi connectivity index (χ4n) is 1.91. The van der Waals surface area contributed by atoms with Crippen molar-refractivity contribution < 1.29 is 28.0 Å². The highest BCUT2D eigenvalue weighted by Crippen LogP contribution is 2.32. The minimum atomic E-state index is -4.30. The second-order valence-electron chi connectivity index (χ2n) is 4.01. The van der Waals surface area contributed by atoms with E-state index in [0.717, 1.165) is 6.07 Å². The van der Waals surface area contributed by atoms with Crippen LogP contribution in [-0.4, -0.2) is 29.2 Å². The van der Waals surface area contributed by atoms with E-state index < -0.39 is 33.2 Å². The number of carboxylic acids is 1. The van der Waals surface area contributed by atoms with E-state index in [4.69, 9.17) is 9.66 Å². The number of phenols is 1. The van der Waals surface area contributed by atoms with Gasteiger partial charge in [0.1, 0.15) is 17.1 Å². The average molecular weight is 282 g/mol. The molecule has 0 aliphatic carbocycles. The van der Waals surface area contributed by atoms with Crippen LogP contribution in [0.5, 0.6) is 5.75 Å². The van der Waals surface area contributed by atoms with E-state index in [-0.39, 0.29) is 10.9 Å². The van der Waals surface area contributed by atoms with Crippen molar-refractivity contribution in [1.29, 1.82) is 0 Å². The summed E-state index contributed by atoms with van der Waals surface area (Å²) < 4.78 is 30.8. The SMILES string of the molecule is O=C(O)c1cc(CS(=O)(=O)O)c2ccccc2c1O. The normalized spacial score (nSPS) is 11.6. The van der Waals surface area contributed by atoms with E-state index in [1.807, 2.05) is 0 Å². The first-order valence-electron chi connectivity index (χ1n) is 5.21. The lowest BCUT2D eigenvalue weighted by atomic mass is 10.0. The van der Waals surface area contributed by atoms with E-state index in [1.54, 1.807) is 18.2 Å². The van der Waals surface area contributed by atoms with Crippen LogP contribution in [0.3, 0.4) is 0 Å². The molecule has 0 heterocycles.